The van der Waals surface area contributed by atoms with Crippen LogP contribution in [0.1, 0.15) is 27.0 Å². The highest BCUT2D eigenvalue weighted by Gasteiger charge is 2.09. The molecule has 0 unspecified atom stereocenters. The van der Waals surface area contributed by atoms with Crippen molar-refractivity contribution in [1.29, 1.82) is 0 Å². The average molecular weight is 318 g/mol. The van der Waals surface area contributed by atoms with Gasteiger partial charge in [0.1, 0.15) is 5.75 Å². The number of hydrogen-bond donors (Lipinski definition) is 1. The maximum absolute atomic E-state index is 12.2. The first-order chi connectivity index (χ1) is 10.5. The molecule has 0 radical (unpaired) electrons. The van der Waals surface area contributed by atoms with Crippen molar-refractivity contribution >= 4 is 17.5 Å². The van der Waals surface area contributed by atoms with Crippen LogP contribution in [0.25, 0.3) is 0 Å². The monoisotopic (exact) mass is 317 g/mol. The van der Waals surface area contributed by atoms with Crippen LogP contribution in [-0.2, 0) is 6.42 Å². The molecule has 1 amide bonds. The fraction of sp³-hybridized carbons (Fsp3) is 0.278. The van der Waals surface area contributed by atoms with E-state index in [4.69, 9.17) is 16.3 Å². The third-order valence-corrected chi connectivity index (χ3v) is 4.06. The van der Waals surface area contributed by atoms with Gasteiger partial charge in [0, 0.05) is 12.1 Å². The van der Waals surface area contributed by atoms with Crippen molar-refractivity contribution < 1.29 is 9.53 Å². The number of rotatable bonds is 5. The summed E-state index contributed by atoms with van der Waals surface area (Å²) in [4.78, 5) is 12.2. The van der Waals surface area contributed by atoms with E-state index in [1.807, 2.05) is 50.2 Å². The third-order valence-electron chi connectivity index (χ3n) is 3.76. The van der Waals surface area contributed by atoms with Crippen LogP contribution in [0.4, 0.5) is 0 Å². The topological polar surface area (TPSA) is 38.3 Å². The molecule has 0 saturated carbocycles. The Morgan fingerprint density at radius 2 is 2.00 bits per heavy atom. The summed E-state index contributed by atoms with van der Waals surface area (Å²) in [5, 5.41) is 3.53. The summed E-state index contributed by atoms with van der Waals surface area (Å²) >= 11 is 6.09. The van der Waals surface area contributed by atoms with E-state index in [2.05, 4.69) is 5.32 Å². The molecule has 3 nitrogen and oxygen atoms in total. The Morgan fingerprint density at radius 3 is 2.68 bits per heavy atom. The normalized spacial score (nSPS) is 10.4. The fourth-order valence-electron chi connectivity index (χ4n) is 2.28. The van der Waals surface area contributed by atoms with Crippen molar-refractivity contribution in [2.24, 2.45) is 0 Å². The number of benzene rings is 2. The van der Waals surface area contributed by atoms with Crippen LogP contribution in [0.15, 0.2) is 36.4 Å². The van der Waals surface area contributed by atoms with Crippen molar-refractivity contribution in [2.45, 2.75) is 20.3 Å². The van der Waals surface area contributed by atoms with Gasteiger partial charge < -0.3 is 10.1 Å². The van der Waals surface area contributed by atoms with E-state index < -0.39 is 0 Å². The van der Waals surface area contributed by atoms with Gasteiger partial charge in [-0.2, -0.15) is 0 Å². The van der Waals surface area contributed by atoms with Gasteiger partial charge in [0.15, 0.2) is 0 Å². The summed E-state index contributed by atoms with van der Waals surface area (Å²) in [6.07, 6.45) is 0.723. The minimum absolute atomic E-state index is 0.0409. The highest BCUT2D eigenvalue weighted by Crippen LogP contribution is 2.24. The zero-order chi connectivity index (χ0) is 16.1. The molecule has 0 aromatic heterocycles. The molecule has 116 valence electrons. The summed E-state index contributed by atoms with van der Waals surface area (Å²) in [6, 6.07) is 11.4. The van der Waals surface area contributed by atoms with Crippen LogP contribution in [0.3, 0.4) is 0 Å². The van der Waals surface area contributed by atoms with Crippen molar-refractivity contribution in [3.8, 4) is 5.75 Å². The molecule has 2 aromatic rings. The van der Waals surface area contributed by atoms with Gasteiger partial charge >= 0.3 is 0 Å². The molecule has 0 aliphatic rings. The molecular formula is C18H20ClNO2. The van der Waals surface area contributed by atoms with Crippen molar-refractivity contribution in [3.63, 3.8) is 0 Å². The second kappa shape index (κ2) is 7.32. The van der Waals surface area contributed by atoms with E-state index in [-0.39, 0.29) is 5.91 Å². The molecule has 0 atom stereocenters. The zero-order valence-corrected chi connectivity index (χ0v) is 13.8. The number of aryl methyl sites for hydroxylation is 1. The highest BCUT2D eigenvalue weighted by atomic mass is 35.5. The smallest absolute Gasteiger partial charge is 0.251 e. The minimum Gasteiger partial charge on any atom is -0.495 e. The van der Waals surface area contributed by atoms with E-state index >= 15 is 0 Å². The summed E-state index contributed by atoms with van der Waals surface area (Å²) in [6.45, 7) is 4.54. The number of ether oxygens (including phenoxy) is 1. The summed E-state index contributed by atoms with van der Waals surface area (Å²) < 4.78 is 5.12. The molecule has 2 aromatic carbocycles. The third kappa shape index (κ3) is 3.80. The second-order valence-electron chi connectivity index (χ2n) is 5.22. The lowest BCUT2D eigenvalue weighted by Gasteiger charge is -2.10. The number of methoxy groups -OCH3 is 1. The van der Waals surface area contributed by atoms with Gasteiger partial charge in [-0.25, -0.2) is 0 Å². The molecule has 4 heteroatoms. The van der Waals surface area contributed by atoms with Gasteiger partial charge in [0.05, 0.1) is 12.1 Å². The fourth-order valence-corrected chi connectivity index (χ4v) is 2.56. The van der Waals surface area contributed by atoms with Crippen LogP contribution in [0.5, 0.6) is 5.75 Å². The van der Waals surface area contributed by atoms with Gasteiger partial charge in [-0.05, 0) is 55.2 Å². The van der Waals surface area contributed by atoms with E-state index in [1.165, 1.54) is 0 Å². The second-order valence-corrected chi connectivity index (χ2v) is 5.63. The predicted molar refractivity (Wildman–Crippen MR) is 90.0 cm³/mol. The molecule has 0 saturated heterocycles. The molecule has 0 bridgehead atoms. The highest BCUT2D eigenvalue weighted by molar-refractivity contribution is 6.32. The Hall–Kier alpha value is -2.00. The Balaban J connectivity index is 1.95. The van der Waals surface area contributed by atoms with E-state index in [9.17, 15) is 4.79 Å². The van der Waals surface area contributed by atoms with Crippen LogP contribution < -0.4 is 10.1 Å². The van der Waals surface area contributed by atoms with E-state index in [0.29, 0.717) is 17.3 Å². The lowest BCUT2D eigenvalue weighted by atomic mass is 10.0. The molecular weight excluding hydrogens is 298 g/mol. The lowest BCUT2D eigenvalue weighted by molar-refractivity contribution is 0.0953. The van der Waals surface area contributed by atoms with Crippen molar-refractivity contribution in [2.75, 3.05) is 13.7 Å². The standard InChI is InChI=1S/C18H20ClNO2/c1-12-5-4-6-15(13(12)2)18(21)20-10-9-14-7-8-17(22-3)16(19)11-14/h4-8,11H,9-10H2,1-3H3,(H,20,21). The zero-order valence-electron chi connectivity index (χ0n) is 13.1. The van der Waals surface area contributed by atoms with Crippen LogP contribution >= 0.6 is 11.6 Å². The SMILES string of the molecule is COc1ccc(CCNC(=O)c2cccc(C)c2C)cc1Cl. The molecule has 0 spiro atoms. The average Bonchev–Trinajstić information content (AvgIpc) is 2.50. The summed E-state index contributed by atoms with van der Waals surface area (Å²) in [5.74, 6) is 0.616. The number of amides is 1. The van der Waals surface area contributed by atoms with E-state index in [1.54, 1.807) is 7.11 Å². The maximum Gasteiger partial charge on any atom is 0.251 e. The first-order valence-electron chi connectivity index (χ1n) is 7.19. The Bertz CT molecular complexity index is 683. The van der Waals surface area contributed by atoms with Gasteiger partial charge in [-0.3, -0.25) is 4.79 Å². The quantitative estimate of drug-likeness (QED) is 0.907. The van der Waals surface area contributed by atoms with Crippen molar-refractivity contribution in [3.05, 3.63) is 63.7 Å². The Labute approximate surface area is 136 Å². The molecule has 0 fully saturated rings. The molecule has 22 heavy (non-hydrogen) atoms. The summed E-state index contributed by atoms with van der Waals surface area (Å²) in [7, 11) is 1.59. The number of carbonyl (C=O) groups excluding carboxylic acids is 1. The number of carbonyl (C=O) groups is 1. The number of halogens is 1. The van der Waals surface area contributed by atoms with E-state index in [0.717, 1.165) is 28.7 Å². The van der Waals surface area contributed by atoms with Gasteiger partial charge in [-0.15, -0.1) is 0 Å². The number of hydrogen-bond acceptors (Lipinski definition) is 2. The first-order valence-corrected chi connectivity index (χ1v) is 7.57. The first kappa shape index (κ1) is 16.4. The molecule has 2 rings (SSSR count). The van der Waals surface area contributed by atoms with Gasteiger partial charge in [-0.1, -0.05) is 29.8 Å². The molecule has 0 aliphatic carbocycles. The van der Waals surface area contributed by atoms with Crippen molar-refractivity contribution in [1.82, 2.24) is 5.32 Å². The number of nitrogens with one attached hydrogen (secondary N) is 1. The maximum atomic E-state index is 12.2. The van der Waals surface area contributed by atoms with Gasteiger partial charge in [0.2, 0.25) is 0 Å². The Kier molecular flexibility index (Phi) is 5.45. The Morgan fingerprint density at radius 1 is 1.23 bits per heavy atom. The van der Waals surface area contributed by atoms with Crippen LogP contribution in [0, 0.1) is 13.8 Å². The largest absolute Gasteiger partial charge is 0.495 e. The molecule has 0 aliphatic heterocycles. The van der Waals surface area contributed by atoms with Crippen LogP contribution in [-0.4, -0.2) is 19.6 Å². The predicted octanol–water partition coefficient (Wildman–Crippen LogP) is 3.94. The molecule has 0 heterocycles. The van der Waals surface area contributed by atoms with Gasteiger partial charge in [0.25, 0.3) is 5.91 Å². The molecule has 1 N–H and O–H groups in total. The van der Waals surface area contributed by atoms with Crippen LogP contribution in [0.2, 0.25) is 5.02 Å². The minimum atomic E-state index is -0.0409. The lowest BCUT2D eigenvalue weighted by Crippen LogP contribution is -2.26. The summed E-state index contributed by atoms with van der Waals surface area (Å²) in [5.41, 5.74) is 3.93.